The van der Waals surface area contributed by atoms with Crippen molar-refractivity contribution >= 4 is 43.6 Å². The smallest absolute Gasteiger partial charge is 0.141 e. The van der Waals surface area contributed by atoms with Crippen LogP contribution < -0.4 is 10.2 Å². The molecule has 7 heteroatoms. The summed E-state index contributed by atoms with van der Waals surface area (Å²) in [6.45, 7) is 5.08. The van der Waals surface area contributed by atoms with Gasteiger partial charge in [0.2, 0.25) is 0 Å². The van der Waals surface area contributed by atoms with E-state index < -0.39 is 0 Å². The third-order valence-corrected chi connectivity index (χ3v) is 5.13. The second-order valence-electron chi connectivity index (χ2n) is 6.02. The van der Waals surface area contributed by atoms with E-state index in [0.29, 0.717) is 11.7 Å². The molecule has 0 spiro atoms. The molecule has 1 aliphatic heterocycles. The quantitative estimate of drug-likeness (QED) is 0.725. The summed E-state index contributed by atoms with van der Waals surface area (Å²) in [6, 6.07) is 4.46. The molecule has 0 aromatic carbocycles. The first-order valence-electron chi connectivity index (χ1n) is 8.05. The van der Waals surface area contributed by atoms with Crippen molar-refractivity contribution in [1.29, 1.82) is 5.26 Å². The first kappa shape index (κ1) is 15.4. The number of fused-ring (bicyclic) bond motifs is 3. The molecule has 0 saturated carbocycles. The van der Waals surface area contributed by atoms with Crippen molar-refractivity contribution in [2.75, 3.05) is 24.5 Å². The number of pyridine rings is 2. The number of nitriles is 1. The molecule has 1 aliphatic rings. The van der Waals surface area contributed by atoms with E-state index in [2.05, 4.69) is 54.1 Å². The molecule has 0 amide bonds. The highest BCUT2D eigenvalue weighted by molar-refractivity contribution is 9.10. The molecule has 3 aromatic rings. The number of nitrogens with zero attached hydrogens (tertiary/aromatic N) is 4. The Labute approximate surface area is 148 Å². The van der Waals surface area contributed by atoms with E-state index in [0.717, 1.165) is 58.2 Å². The van der Waals surface area contributed by atoms with Gasteiger partial charge in [-0.25, -0.2) is 9.97 Å². The normalized spacial score (nSPS) is 17.7. The summed E-state index contributed by atoms with van der Waals surface area (Å²) in [4.78, 5) is 14.4. The van der Waals surface area contributed by atoms with Gasteiger partial charge in [0, 0.05) is 30.7 Å². The van der Waals surface area contributed by atoms with Crippen LogP contribution in [0.3, 0.4) is 0 Å². The summed E-state index contributed by atoms with van der Waals surface area (Å²) in [6.07, 6.45) is 4.67. The SMILES string of the molecule is CCNC1CCN(c2c(Br)cnc3[nH]c4cnc(C#N)cc4c23)C1. The molecule has 4 rings (SSSR count). The predicted molar refractivity (Wildman–Crippen MR) is 98.1 cm³/mol. The van der Waals surface area contributed by atoms with Crippen molar-refractivity contribution in [1.82, 2.24) is 20.3 Å². The highest BCUT2D eigenvalue weighted by Crippen LogP contribution is 2.39. The Morgan fingerprint density at radius 2 is 2.33 bits per heavy atom. The number of hydrogen-bond donors (Lipinski definition) is 2. The molecular formula is C17H17BrN6. The van der Waals surface area contributed by atoms with Gasteiger partial charge in [-0.3, -0.25) is 0 Å². The molecule has 122 valence electrons. The summed E-state index contributed by atoms with van der Waals surface area (Å²) in [5.41, 5.74) is 3.29. The van der Waals surface area contributed by atoms with E-state index in [1.807, 2.05) is 12.3 Å². The molecule has 6 nitrogen and oxygen atoms in total. The standard InChI is InChI=1S/C17H17BrN6/c1-2-20-10-3-4-24(9-10)16-13(18)7-22-17-15(16)12-5-11(6-19)21-8-14(12)23-17/h5,7-8,10,20H,2-4,9H2,1H3,(H,22,23). The van der Waals surface area contributed by atoms with Crippen LogP contribution in [0.5, 0.6) is 0 Å². The van der Waals surface area contributed by atoms with Gasteiger partial charge in [0.1, 0.15) is 17.4 Å². The molecule has 1 fully saturated rings. The summed E-state index contributed by atoms with van der Waals surface area (Å²) < 4.78 is 0.975. The molecule has 24 heavy (non-hydrogen) atoms. The van der Waals surface area contributed by atoms with Crippen LogP contribution in [0.1, 0.15) is 19.0 Å². The fraction of sp³-hybridized carbons (Fsp3) is 0.353. The van der Waals surface area contributed by atoms with Gasteiger partial charge in [-0.2, -0.15) is 5.26 Å². The van der Waals surface area contributed by atoms with Crippen molar-refractivity contribution in [3.05, 3.63) is 28.6 Å². The van der Waals surface area contributed by atoms with Crippen LogP contribution in [0, 0.1) is 11.3 Å². The Bertz CT molecular complexity index is 957. The maximum absolute atomic E-state index is 9.17. The highest BCUT2D eigenvalue weighted by atomic mass is 79.9. The zero-order chi connectivity index (χ0) is 16.7. The maximum Gasteiger partial charge on any atom is 0.141 e. The zero-order valence-electron chi connectivity index (χ0n) is 13.3. The number of aromatic amines is 1. The minimum atomic E-state index is 0.418. The first-order valence-corrected chi connectivity index (χ1v) is 8.85. The number of anilines is 1. The summed E-state index contributed by atoms with van der Waals surface area (Å²) in [5, 5.41) is 14.7. The van der Waals surface area contributed by atoms with Crippen LogP contribution in [-0.4, -0.2) is 40.6 Å². The molecule has 2 N–H and O–H groups in total. The fourth-order valence-corrected chi connectivity index (χ4v) is 4.06. The van der Waals surface area contributed by atoms with Gasteiger partial charge in [-0.1, -0.05) is 6.92 Å². The number of aromatic nitrogens is 3. The largest absolute Gasteiger partial charge is 0.368 e. The van der Waals surface area contributed by atoms with Crippen LogP contribution in [0.2, 0.25) is 0 Å². The van der Waals surface area contributed by atoms with E-state index in [1.54, 1.807) is 6.20 Å². The van der Waals surface area contributed by atoms with E-state index in [4.69, 9.17) is 5.26 Å². The number of nitrogens with one attached hydrogen (secondary N) is 2. The lowest BCUT2D eigenvalue weighted by atomic mass is 10.1. The van der Waals surface area contributed by atoms with Gasteiger partial charge < -0.3 is 15.2 Å². The van der Waals surface area contributed by atoms with Crippen molar-refractivity contribution < 1.29 is 0 Å². The van der Waals surface area contributed by atoms with Gasteiger partial charge in [0.15, 0.2) is 0 Å². The third-order valence-electron chi connectivity index (χ3n) is 4.55. The monoisotopic (exact) mass is 384 g/mol. The van der Waals surface area contributed by atoms with Gasteiger partial charge in [-0.15, -0.1) is 0 Å². The topological polar surface area (TPSA) is 80.6 Å². The van der Waals surface area contributed by atoms with E-state index in [9.17, 15) is 0 Å². The van der Waals surface area contributed by atoms with Crippen LogP contribution in [0.4, 0.5) is 5.69 Å². The number of H-pyrrole nitrogens is 1. The lowest BCUT2D eigenvalue weighted by Crippen LogP contribution is -2.32. The van der Waals surface area contributed by atoms with Crippen molar-refractivity contribution in [3.8, 4) is 6.07 Å². The summed E-state index contributed by atoms with van der Waals surface area (Å²) in [7, 11) is 0. The molecule has 1 atom stereocenters. The van der Waals surface area contributed by atoms with Crippen LogP contribution in [0.25, 0.3) is 21.9 Å². The van der Waals surface area contributed by atoms with Crippen molar-refractivity contribution in [2.45, 2.75) is 19.4 Å². The summed E-state index contributed by atoms with van der Waals surface area (Å²) >= 11 is 3.67. The lowest BCUT2D eigenvalue weighted by molar-refractivity contribution is 0.572. The Kier molecular flexibility index (Phi) is 3.87. The van der Waals surface area contributed by atoms with E-state index >= 15 is 0 Å². The Morgan fingerprint density at radius 3 is 3.12 bits per heavy atom. The first-order chi connectivity index (χ1) is 11.7. The van der Waals surface area contributed by atoms with Crippen LogP contribution in [-0.2, 0) is 0 Å². The summed E-state index contributed by atoms with van der Waals surface area (Å²) in [5.74, 6) is 0. The highest BCUT2D eigenvalue weighted by Gasteiger charge is 2.26. The molecule has 0 bridgehead atoms. The second-order valence-corrected chi connectivity index (χ2v) is 6.87. The van der Waals surface area contributed by atoms with Crippen molar-refractivity contribution in [2.24, 2.45) is 0 Å². The molecule has 1 unspecified atom stereocenters. The van der Waals surface area contributed by atoms with Crippen molar-refractivity contribution in [3.63, 3.8) is 0 Å². The molecular weight excluding hydrogens is 368 g/mol. The number of halogens is 1. The fourth-order valence-electron chi connectivity index (χ4n) is 3.51. The molecule has 3 aromatic heterocycles. The van der Waals surface area contributed by atoms with E-state index in [-0.39, 0.29) is 0 Å². The molecule has 1 saturated heterocycles. The second kappa shape index (κ2) is 6.04. The maximum atomic E-state index is 9.17. The predicted octanol–water partition coefficient (Wildman–Crippen LogP) is 2.93. The third kappa shape index (κ3) is 2.43. The average Bonchev–Trinajstić information content (AvgIpc) is 3.19. The Balaban J connectivity index is 1.91. The minimum Gasteiger partial charge on any atom is -0.368 e. The van der Waals surface area contributed by atoms with Gasteiger partial charge in [0.05, 0.1) is 27.3 Å². The van der Waals surface area contributed by atoms with Crippen LogP contribution >= 0.6 is 15.9 Å². The van der Waals surface area contributed by atoms with E-state index in [1.165, 1.54) is 0 Å². The lowest BCUT2D eigenvalue weighted by Gasteiger charge is -2.21. The number of likely N-dealkylation sites (N-methyl/N-ethyl adjacent to an activating group) is 1. The Morgan fingerprint density at radius 1 is 1.46 bits per heavy atom. The molecule has 0 aliphatic carbocycles. The average molecular weight is 385 g/mol. The van der Waals surface area contributed by atoms with Crippen LogP contribution in [0.15, 0.2) is 22.9 Å². The van der Waals surface area contributed by atoms with Gasteiger partial charge in [-0.05, 0) is 35.0 Å². The minimum absolute atomic E-state index is 0.418. The molecule has 0 radical (unpaired) electrons. The van der Waals surface area contributed by atoms with Gasteiger partial charge in [0.25, 0.3) is 0 Å². The van der Waals surface area contributed by atoms with Gasteiger partial charge >= 0.3 is 0 Å². The molecule has 4 heterocycles. The Hall–Kier alpha value is -2.17. The number of hydrogen-bond acceptors (Lipinski definition) is 5. The number of rotatable bonds is 3. The zero-order valence-corrected chi connectivity index (χ0v) is 14.9.